The highest BCUT2D eigenvalue weighted by Gasteiger charge is 2.36. The molecule has 7 heteroatoms. The molecule has 1 N–H and O–H groups in total. The lowest BCUT2D eigenvalue weighted by molar-refractivity contribution is -0.122. The molecule has 1 amide bonds. The van der Waals surface area contributed by atoms with Crippen molar-refractivity contribution in [2.45, 2.75) is 66.1 Å². The van der Waals surface area contributed by atoms with Crippen LogP contribution in [0.3, 0.4) is 0 Å². The van der Waals surface area contributed by atoms with Gasteiger partial charge in [0.2, 0.25) is 5.91 Å². The topological polar surface area (TPSA) is 77.6 Å². The smallest absolute Gasteiger partial charge is 0.242 e. The fraction of sp³-hybridized carbons (Fsp3) is 0.647. The molecule has 7 nitrogen and oxygen atoms in total. The van der Waals surface area contributed by atoms with Crippen molar-refractivity contribution in [3.05, 3.63) is 29.1 Å². The van der Waals surface area contributed by atoms with Gasteiger partial charge in [-0.25, -0.2) is 9.67 Å². The molecule has 0 aliphatic heterocycles. The van der Waals surface area contributed by atoms with Crippen LogP contribution in [0.15, 0.2) is 6.33 Å². The summed E-state index contributed by atoms with van der Waals surface area (Å²) < 4.78 is 3.67. The molecule has 1 fully saturated rings. The second-order valence-electron chi connectivity index (χ2n) is 6.48. The molecule has 2 aromatic heterocycles. The second-order valence-corrected chi connectivity index (χ2v) is 6.48. The number of aryl methyl sites for hydroxylation is 2. The molecule has 0 bridgehead atoms. The lowest BCUT2D eigenvalue weighted by Gasteiger charge is -2.18. The summed E-state index contributed by atoms with van der Waals surface area (Å²) in [5.74, 6) is 1.30. The van der Waals surface area contributed by atoms with E-state index in [-0.39, 0.29) is 18.5 Å². The Kier molecular flexibility index (Phi) is 4.69. The van der Waals surface area contributed by atoms with Crippen LogP contribution in [0.4, 0.5) is 0 Å². The highest BCUT2D eigenvalue weighted by atomic mass is 16.2. The van der Waals surface area contributed by atoms with Crippen LogP contribution in [0, 0.1) is 19.8 Å². The van der Waals surface area contributed by atoms with Crippen LogP contribution in [-0.4, -0.2) is 30.5 Å². The summed E-state index contributed by atoms with van der Waals surface area (Å²) in [5, 5.41) is 11.9. The van der Waals surface area contributed by atoms with Crippen LogP contribution < -0.4 is 5.32 Å². The third-order valence-corrected chi connectivity index (χ3v) is 4.81. The van der Waals surface area contributed by atoms with Crippen LogP contribution >= 0.6 is 0 Å². The van der Waals surface area contributed by atoms with E-state index in [1.807, 2.05) is 25.5 Å². The van der Waals surface area contributed by atoms with E-state index < -0.39 is 0 Å². The minimum atomic E-state index is -0.0532. The van der Waals surface area contributed by atoms with Gasteiger partial charge in [-0.05, 0) is 51.5 Å². The zero-order valence-electron chi connectivity index (χ0n) is 14.9. The van der Waals surface area contributed by atoms with Crippen molar-refractivity contribution in [2.75, 3.05) is 0 Å². The monoisotopic (exact) mass is 330 g/mol. The molecule has 1 aliphatic rings. The van der Waals surface area contributed by atoms with Crippen molar-refractivity contribution in [3.8, 4) is 0 Å². The second kappa shape index (κ2) is 6.75. The number of nitrogens with one attached hydrogen (secondary N) is 1. The van der Waals surface area contributed by atoms with Crippen LogP contribution in [0.1, 0.15) is 55.5 Å². The minimum absolute atomic E-state index is 0.0224. The molecule has 2 aromatic rings. The Morgan fingerprint density at radius 2 is 2.08 bits per heavy atom. The van der Waals surface area contributed by atoms with E-state index in [0.717, 1.165) is 43.0 Å². The van der Waals surface area contributed by atoms with Crippen LogP contribution in [-0.2, 0) is 24.3 Å². The molecular weight excluding hydrogens is 304 g/mol. The van der Waals surface area contributed by atoms with Gasteiger partial charge in [-0.2, -0.15) is 10.2 Å². The zero-order valence-corrected chi connectivity index (χ0v) is 14.9. The fourth-order valence-electron chi connectivity index (χ4n) is 3.34. The molecule has 0 spiro atoms. The number of amides is 1. The Morgan fingerprint density at radius 1 is 1.33 bits per heavy atom. The Bertz CT molecular complexity index is 728. The molecule has 1 aliphatic carbocycles. The van der Waals surface area contributed by atoms with Gasteiger partial charge in [0.25, 0.3) is 0 Å². The summed E-state index contributed by atoms with van der Waals surface area (Å²) in [6.07, 6.45) is 4.75. The largest absolute Gasteiger partial charge is 0.344 e. The van der Waals surface area contributed by atoms with E-state index in [1.165, 1.54) is 5.56 Å². The van der Waals surface area contributed by atoms with Gasteiger partial charge in [0.1, 0.15) is 18.7 Å². The molecule has 0 saturated heterocycles. The van der Waals surface area contributed by atoms with E-state index in [2.05, 4.69) is 27.4 Å². The molecule has 1 saturated carbocycles. The lowest BCUT2D eigenvalue weighted by atomic mass is 10.1. The van der Waals surface area contributed by atoms with Crippen molar-refractivity contribution < 1.29 is 4.79 Å². The van der Waals surface area contributed by atoms with E-state index in [0.29, 0.717) is 5.92 Å². The first-order valence-electron chi connectivity index (χ1n) is 8.75. The summed E-state index contributed by atoms with van der Waals surface area (Å²) in [7, 11) is 0. The minimum Gasteiger partial charge on any atom is -0.344 e. The molecule has 0 unspecified atom stereocenters. The molecule has 0 aromatic carbocycles. The molecule has 3 rings (SSSR count). The molecular formula is C17H26N6O. The first-order chi connectivity index (χ1) is 11.5. The predicted octanol–water partition coefficient (Wildman–Crippen LogP) is 1.94. The van der Waals surface area contributed by atoms with Crippen molar-refractivity contribution >= 4 is 5.91 Å². The summed E-state index contributed by atoms with van der Waals surface area (Å²) in [6, 6.07) is -0.0532. The van der Waals surface area contributed by atoms with Crippen molar-refractivity contribution in [1.29, 1.82) is 0 Å². The number of hydrogen-bond acceptors (Lipinski definition) is 4. The van der Waals surface area contributed by atoms with Crippen LogP contribution in [0.2, 0.25) is 0 Å². The number of rotatable bonds is 7. The van der Waals surface area contributed by atoms with Gasteiger partial charge < -0.3 is 5.32 Å². The van der Waals surface area contributed by atoms with E-state index in [1.54, 1.807) is 11.0 Å². The average molecular weight is 330 g/mol. The maximum absolute atomic E-state index is 12.6. The molecule has 24 heavy (non-hydrogen) atoms. The van der Waals surface area contributed by atoms with Crippen molar-refractivity contribution in [3.63, 3.8) is 0 Å². The maximum Gasteiger partial charge on any atom is 0.242 e. The molecule has 1 atom stereocenters. The Morgan fingerprint density at radius 3 is 2.67 bits per heavy atom. The van der Waals surface area contributed by atoms with Gasteiger partial charge in [0.15, 0.2) is 0 Å². The quantitative estimate of drug-likeness (QED) is 0.841. The third-order valence-electron chi connectivity index (χ3n) is 4.81. The summed E-state index contributed by atoms with van der Waals surface area (Å²) in [5.41, 5.74) is 3.31. The van der Waals surface area contributed by atoms with Crippen LogP contribution in [0.5, 0.6) is 0 Å². The van der Waals surface area contributed by atoms with E-state index in [9.17, 15) is 4.79 Å². The number of hydrogen-bond donors (Lipinski definition) is 1. The zero-order chi connectivity index (χ0) is 17.3. The highest BCUT2D eigenvalue weighted by molar-refractivity contribution is 5.76. The standard InChI is InChI=1S/C17H26N6O/c1-5-14-11(3)21-23(12(14)4)9-15(24)20-16(13-7-8-13)17-18-10-19-22(17)6-2/h10,13,16H,5-9H2,1-4H3,(H,20,24)/t16-/m1/s1. The molecule has 2 heterocycles. The normalized spacial score (nSPS) is 15.5. The summed E-state index contributed by atoms with van der Waals surface area (Å²) >= 11 is 0. The molecule has 0 radical (unpaired) electrons. The maximum atomic E-state index is 12.6. The average Bonchev–Trinajstić information content (AvgIpc) is 3.22. The van der Waals surface area contributed by atoms with Gasteiger partial charge in [-0.1, -0.05) is 6.92 Å². The number of nitrogens with zero attached hydrogens (tertiary/aromatic N) is 5. The van der Waals surface area contributed by atoms with Crippen molar-refractivity contribution in [2.24, 2.45) is 5.92 Å². The highest BCUT2D eigenvalue weighted by Crippen LogP contribution is 2.40. The first-order valence-corrected chi connectivity index (χ1v) is 8.75. The van der Waals surface area contributed by atoms with E-state index >= 15 is 0 Å². The predicted molar refractivity (Wildman–Crippen MR) is 90.4 cm³/mol. The first kappa shape index (κ1) is 16.7. The van der Waals surface area contributed by atoms with Crippen molar-refractivity contribution in [1.82, 2.24) is 29.9 Å². The third kappa shape index (κ3) is 3.20. The van der Waals surface area contributed by atoms with Gasteiger partial charge >= 0.3 is 0 Å². The number of carbonyl (C=O) groups excluding carboxylic acids is 1. The summed E-state index contributed by atoms with van der Waals surface area (Å²) in [6.45, 7) is 9.17. The number of carbonyl (C=O) groups is 1. The van der Waals surface area contributed by atoms with E-state index in [4.69, 9.17) is 0 Å². The Labute approximate surface area is 142 Å². The SMILES string of the molecule is CCc1c(C)nn(CC(=O)N[C@@H](c2ncnn2CC)C2CC2)c1C. The van der Waals surface area contributed by atoms with Gasteiger partial charge in [0.05, 0.1) is 11.7 Å². The lowest BCUT2D eigenvalue weighted by Crippen LogP contribution is -2.34. The van der Waals surface area contributed by atoms with Gasteiger partial charge in [0, 0.05) is 12.2 Å². The van der Waals surface area contributed by atoms with Gasteiger partial charge in [-0.3, -0.25) is 9.48 Å². The van der Waals surface area contributed by atoms with Gasteiger partial charge in [-0.15, -0.1) is 0 Å². The molecule has 130 valence electrons. The Balaban J connectivity index is 1.73. The fourth-order valence-corrected chi connectivity index (χ4v) is 3.34. The number of aromatic nitrogens is 5. The Hall–Kier alpha value is -2.18. The summed E-state index contributed by atoms with van der Waals surface area (Å²) in [4.78, 5) is 17.0. The van der Waals surface area contributed by atoms with Crippen LogP contribution in [0.25, 0.3) is 0 Å².